The maximum absolute atomic E-state index is 12.6. The van der Waals surface area contributed by atoms with Crippen LogP contribution >= 0.6 is 0 Å². The second kappa shape index (κ2) is 23.4. The molecule has 0 amide bonds. The summed E-state index contributed by atoms with van der Waals surface area (Å²) in [6.45, 7) is 4.40. The van der Waals surface area contributed by atoms with E-state index < -0.39 is 202 Å². The minimum absolute atomic E-state index is 1.47. The fourth-order valence-electron chi connectivity index (χ4n) is 2.66. The average Bonchev–Trinajstić information content (AvgIpc) is 3.15. The molecule has 1 radical (unpaired) electrons. The molecule has 275 valence electrons. The van der Waals surface area contributed by atoms with E-state index in [1.165, 1.54) is 19.6 Å². The molecule has 0 bridgehead atoms. The smallest absolute Gasteiger partial charge is 0.381 e. The lowest BCUT2D eigenvalue weighted by Crippen LogP contribution is -2.57. The largest absolute Gasteiger partial charge is 0.389 e. The molecule has 0 fully saturated rings. The minimum atomic E-state index is -4.57. The first-order chi connectivity index (χ1) is 24.4. The zero-order valence-electron chi connectivity index (χ0n) is 26.2. The topological polar surface area (TPSA) is 427 Å². The molecule has 0 aliphatic rings. The van der Waals surface area contributed by atoms with Crippen LogP contribution in [0.25, 0.3) is 0 Å². The van der Waals surface area contributed by atoms with Crippen molar-refractivity contribution in [2.75, 3.05) is 0 Å². The Kier molecular flexibility index (Phi) is 23.7. The lowest BCUT2D eigenvalue weighted by molar-refractivity contribution is 0.532. The molecule has 0 unspecified atom stereocenters. The highest BCUT2D eigenvalue weighted by molar-refractivity contribution is 7.84. The van der Waals surface area contributed by atoms with E-state index in [4.69, 9.17) is 0 Å². The van der Waals surface area contributed by atoms with Gasteiger partial charge < -0.3 is 112 Å². The van der Waals surface area contributed by atoms with Gasteiger partial charge in [-0.1, -0.05) is 19.6 Å². The minimum Gasteiger partial charge on any atom is -0.389 e. The van der Waals surface area contributed by atoms with Crippen LogP contribution in [-0.4, -0.2) is 202 Å². The maximum atomic E-state index is 12.6. The van der Waals surface area contributed by atoms with Crippen molar-refractivity contribution in [3.8, 4) is 0 Å². The number of hydrogen-bond donors (Lipinski definition) is 0. The van der Waals surface area contributed by atoms with Crippen LogP contribution in [0.5, 0.6) is 0 Å². The van der Waals surface area contributed by atoms with E-state index in [1.54, 1.807) is 0 Å². The van der Waals surface area contributed by atoms with E-state index >= 15 is 0 Å². The van der Waals surface area contributed by atoms with Gasteiger partial charge in [0.05, 0.1) is 0 Å². The van der Waals surface area contributed by atoms with Crippen molar-refractivity contribution in [3.63, 3.8) is 0 Å². The van der Waals surface area contributed by atoms with E-state index in [1.807, 2.05) is 0 Å². The van der Waals surface area contributed by atoms with Crippen molar-refractivity contribution in [1.82, 2.24) is 0 Å². The maximum Gasteiger partial charge on any atom is 0.381 e. The molecule has 25 nitrogen and oxygen atoms in total. The second-order valence-corrected chi connectivity index (χ2v) is 137. The lowest BCUT2D eigenvalue weighted by Gasteiger charge is -2.08. The average molecular weight is 1180 g/mol. The van der Waals surface area contributed by atoms with Crippen LogP contribution in [0.1, 0.15) is 0 Å². The molecule has 0 aromatic carbocycles. The first-order valence-corrected chi connectivity index (χ1v) is 76.1. The molecule has 0 aromatic rings. The van der Waals surface area contributed by atoms with Gasteiger partial charge in [-0.15, -0.1) is 0 Å². The van der Waals surface area contributed by atoms with Crippen LogP contribution in [-0.2, 0) is 112 Å². The molecule has 0 N–H and O–H groups in total. The van der Waals surface area contributed by atoms with Crippen LogP contribution in [0.4, 0.5) is 0 Å². The Bertz CT molecular complexity index is 2180. The molecular formula is C3H9O25Si26. The summed E-state index contributed by atoms with van der Waals surface area (Å²) in [7, 11) is -106. The predicted octanol–water partition coefficient (Wildman–Crippen LogP) is -11.1. The van der Waals surface area contributed by atoms with Crippen LogP contribution in [0.15, 0.2) is 0 Å². The third kappa shape index (κ3) is 13.9. The Labute approximate surface area is 329 Å². The molecule has 0 rings (SSSR count). The first-order valence-electron chi connectivity index (χ1n) is 12.9. The zero-order chi connectivity index (χ0) is 43.1. The Morgan fingerprint density at radius 3 is 0.500 bits per heavy atom. The van der Waals surface area contributed by atoms with Gasteiger partial charge in [-0.05, 0) is 0 Å². The van der Waals surface area contributed by atoms with Crippen LogP contribution in [0, 0.1) is 0 Å². The van der Waals surface area contributed by atoms with E-state index in [0.717, 1.165) is 0 Å². The summed E-state index contributed by atoms with van der Waals surface area (Å²) in [6.07, 6.45) is 0. The molecular weight excluding hydrogens is 1170 g/mol. The third-order valence-electron chi connectivity index (χ3n) is 5.52. The molecule has 51 heteroatoms. The Hall–Kier alpha value is 0.639. The van der Waals surface area contributed by atoms with E-state index in [2.05, 4.69) is 0 Å². The predicted molar refractivity (Wildman–Crippen MR) is 184 cm³/mol. The first kappa shape index (κ1) is 54.6. The fraction of sp³-hybridized carbons (Fsp3) is 1.00. The van der Waals surface area contributed by atoms with Gasteiger partial charge >= 0.3 is 194 Å². The van der Waals surface area contributed by atoms with Crippen molar-refractivity contribution in [2.45, 2.75) is 19.6 Å². The number of rotatable bonds is 25. The summed E-state index contributed by atoms with van der Waals surface area (Å²) in [5, 5.41) is 0. The van der Waals surface area contributed by atoms with E-state index in [0.29, 0.717) is 0 Å². The molecule has 0 aliphatic carbocycles. The molecule has 0 heterocycles. The summed E-state index contributed by atoms with van der Waals surface area (Å²) in [5.74, 6) is 0. The van der Waals surface area contributed by atoms with Gasteiger partial charge in [0.25, 0.3) is 0 Å². The molecule has 54 heavy (non-hydrogen) atoms. The quantitative estimate of drug-likeness (QED) is 0.0766. The standard InChI is InChI=1S/C3H9O25Si26/c1-54(2,3)53(28)52(27)51(26)50(25)49(24)48(23)47(22)46(21)45(20)44(19)43(18)42(17)41(16)40(15)39(14)38(13)37(12)36(11)35(10)34(9)33(8)32(7)31(6)30(5)29-4/h1-3H3. The van der Waals surface area contributed by atoms with Gasteiger partial charge in [-0.25, -0.2) is 0 Å². The highest BCUT2D eigenvalue weighted by Crippen LogP contribution is 2.01. The summed E-state index contributed by atoms with van der Waals surface area (Å²) in [6, 6.07) is 0. The summed E-state index contributed by atoms with van der Waals surface area (Å²) in [4.78, 5) is 0. The fourth-order valence-corrected chi connectivity index (χ4v) is 292. The van der Waals surface area contributed by atoms with Crippen LogP contribution in [0.2, 0.25) is 19.6 Å². The van der Waals surface area contributed by atoms with Gasteiger partial charge in [0.1, 0.15) is 7.59 Å². The van der Waals surface area contributed by atoms with Gasteiger partial charge in [-0.2, -0.15) is 0 Å². The molecule has 0 aromatic heterocycles. The highest BCUT2D eigenvalue weighted by atomic mass is 30.1. The van der Waals surface area contributed by atoms with Crippen molar-refractivity contribution in [2.24, 2.45) is 0 Å². The lowest BCUT2D eigenvalue weighted by atomic mass is 11.8. The zero-order valence-corrected chi connectivity index (χ0v) is 52.2. The molecule has 0 aliphatic heterocycles. The third-order valence-corrected chi connectivity index (χ3v) is 203. The molecule has 0 spiro atoms. The number of hydrogen-bond acceptors (Lipinski definition) is 25. The van der Waals surface area contributed by atoms with Crippen molar-refractivity contribution in [3.05, 3.63) is 0 Å². The van der Waals surface area contributed by atoms with Crippen molar-refractivity contribution < 1.29 is 112 Å². The Morgan fingerprint density at radius 2 is 0.370 bits per heavy atom. The summed E-state index contributed by atoms with van der Waals surface area (Å²) in [5.41, 5.74) is 0. The van der Waals surface area contributed by atoms with Gasteiger partial charge in [0, 0.05) is 0 Å². The van der Waals surface area contributed by atoms with E-state index in [-0.39, 0.29) is 0 Å². The normalized spacial score (nSPS) is 10.1. The molecule has 0 atom stereocenters. The van der Waals surface area contributed by atoms with Gasteiger partial charge in [-0.3, -0.25) is 0 Å². The monoisotopic (exact) mass is 1170 g/mol. The van der Waals surface area contributed by atoms with Crippen molar-refractivity contribution >= 4 is 202 Å². The summed E-state index contributed by atoms with van der Waals surface area (Å²) < 4.78 is 307. The molecule has 0 saturated heterocycles. The molecule has 0 saturated carbocycles. The van der Waals surface area contributed by atoms with Crippen LogP contribution < -0.4 is 0 Å². The van der Waals surface area contributed by atoms with Gasteiger partial charge in [0.2, 0.25) is 0 Å². The Balaban J connectivity index is 5.84. The summed E-state index contributed by atoms with van der Waals surface area (Å²) >= 11 is 0. The highest BCUT2D eigenvalue weighted by Gasteiger charge is 2.57. The van der Waals surface area contributed by atoms with Crippen LogP contribution in [0.3, 0.4) is 0 Å². The Morgan fingerprint density at radius 1 is 0.241 bits per heavy atom. The SMILES string of the molecule is C[Si](C)(C)[Si](=O)[Si](=O)[Si](=O)[Si](=O)[Si](=O)[Si](=O)[Si](=O)[Si](=O)[Si](=O)[Si](=O)[Si](=O)[Si](=O)[Si](=O)[Si](=O)[Si](=O)[Si](=O)[Si](=O)[Si](=O)[Si](=O)[Si](=O)[Si](=O)[Si](=O)[Si](=O)[Si](=O)[Si]=O. The second-order valence-electron chi connectivity index (χ2n) is 10.3. The van der Waals surface area contributed by atoms with Gasteiger partial charge in [0.15, 0.2) is 0 Å². The van der Waals surface area contributed by atoms with Crippen molar-refractivity contribution in [1.29, 1.82) is 0 Å². The van der Waals surface area contributed by atoms with E-state index in [9.17, 15) is 112 Å².